The van der Waals surface area contributed by atoms with Crippen molar-refractivity contribution in [3.05, 3.63) is 102 Å². The van der Waals surface area contributed by atoms with Gasteiger partial charge in [-0.15, -0.1) is 0 Å². The van der Waals surface area contributed by atoms with Crippen molar-refractivity contribution in [1.29, 1.82) is 0 Å². The molecule has 3 heteroatoms. The fourth-order valence-electron chi connectivity index (χ4n) is 3.08. The van der Waals surface area contributed by atoms with Gasteiger partial charge in [-0.25, -0.2) is 0 Å². The molecule has 0 saturated carbocycles. The molecule has 0 spiro atoms. The van der Waals surface area contributed by atoms with Gasteiger partial charge in [0.2, 0.25) is 5.69 Å². The van der Waals surface area contributed by atoms with Gasteiger partial charge in [-0.3, -0.25) is 0 Å². The number of hydrogen-bond donors (Lipinski definition) is 1. The van der Waals surface area contributed by atoms with E-state index >= 15 is 0 Å². The zero-order chi connectivity index (χ0) is 18.5. The van der Waals surface area contributed by atoms with Crippen LogP contribution in [0.2, 0.25) is 0 Å². The average molecular weight is 370 g/mol. The van der Waals surface area contributed by atoms with Crippen LogP contribution in [0.25, 0.3) is 27.8 Å². The molecule has 0 fully saturated rings. The molecule has 1 N–H and O–H groups in total. The predicted molar refractivity (Wildman–Crippen MR) is 115 cm³/mol. The van der Waals surface area contributed by atoms with Crippen LogP contribution < -0.4 is 9.88 Å². The Balaban J connectivity index is 1.74. The fourth-order valence-corrected chi connectivity index (χ4v) is 4.26. The number of anilines is 1. The summed E-state index contributed by atoms with van der Waals surface area (Å²) >= 11 is 1.81. The van der Waals surface area contributed by atoms with E-state index < -0.39 is 0 Å². The van der Waals surface area contributed by atoms with Gasteiger partial charge in [0.15, 0.2) is 0 Å². The van der Waals surface area contributed by atoms with Gasteiger partial charge in [-0.05, 0) is 29.8 Å². The van der Waals surface area contributed by atoms with E-state index in [0.29, 0.717) is 0 Å². The average Bonchev–Trinajstić information content (AvgIpc) is 3.06. The van der Waals surface area contributed by atoms with Crippen molar-refractivity contribution in [3.8, 4) is 21.7 Å². The lowest BCUT2D eigenvalue weighted by atomic mass is 10.1. The standard InChI is InChI=1S/C24H20N2S/c1-26-22(17-18-25-21-15-9-4-10-16-21)27-24(20-13-7-3-8-14-20)23(26)19-11-5-2-6-12-19/h2-18H,1H3/p+1. The molecule has 2 nitrogen and oxygen atoms in total. The van der Waals surface area contributed by atoms with Crippen LogP contribution in [-0.2, 0) is 7.05 Å². The van der Waals surface area contributed by atoms with Gasteiger partial charge in [0.25, 0.3) is 5.01 Å². The second-order valence-electron chi connectivity index (χ2n) is 6.25. The third-order valence-corrected chi connectivity index (χ3v) is 5.67. The maximum absolute atomic E-state index is 3.34. The van der Waals surface area contributed by atoms with E-state index in [9.17, 15) is 0 Å². The summed E-state index contributed by atoms with van der Waals surface area (Å²) in [4.78, 5) is 1.28. The van der Waals surface area contributed by atoms with Crippen molar-refractivity contribution in [2.45, 2.75) is 0 Å². The second-order valence-corrected chi connectivity index (χ2v) is 7.28. The van der Waals surface area contributed by atoms with E-state index in [1.54, 1.807) is 11.3 Å². The molecule has 0 radical (unpaired) electrons. The summed E-state index contributed by atoms with van der Waals surface area (Å²) in [7, 11) is 2.13. The number of hydrogen-bond acceptors (Lipinski definition) is 2. The number of para-hydroxylation sites is 1. The minimum absolute atomic E-state index is 1.08. The molecule has 0 amide bonds. The smallest absolute Gasteiger partial charge is 0.264 e. The minimum atomic E-state index is 1.08. The lowest BCUT2D eigenvalue weighted by Gasteiger charge is -2.00. The lowest BCUT2D eigenvalue weighted by Crippen LogP contribution is -2.31. The second kappa shape index (κ2) is 8.02. The SMILES string of the molecule is C[n+]1c(C=CNc2ccccc2)sc(-c2ccccc2)c1-c1ccccc1. The third-order valence-electron chi connectivity index (χ3n) is 4.42. The first-order valence-corrected chi connectivity index (χ1v) is 9.76. The monoisotopic (exact) mass is 369 g/mol. The molecule has 0 unspecified atom stereocenters. The van der Waals surface area contributed by atoms with Gasteiger partial charge >= 0.3 is 0 Å². The Bertz CT molecular complexity index is 1040. The van der Waals surface area contributed by atoms with E-state index in [1.807, 2.05) is 24.4 Å². The van der Waals surface area contributed by atoms with E-state index in [4.69, 9.17) is 0 Å². The Morgan fingerprint density at radius 3 is 1.93 bits per heavy atom. The molecule has 27 heavy (non-hydrogen) atoms. The van der Waals surface area contributed by atoms with Crippen molar-refractivity contribution in [2.75, 3.05) is 5.32 Å². The Morgan fingerprint density at radius 1 is 0.741 bits per heavy atom. The van der Waals surface area contributed by atoms with Crippen LogP contribution in [0.1, 0.15) is 5.01 Å². The zero-order valence-corrected chi connectivity index (χ0v) is 16.0. The number of nitrogens with zero attached hydrogens (tertiary/aromatic N) is 1. The Labute approximate surface area is 164 Å². The minimum Gasteiger partial charge on any atom is -0.361 e. The lowest BCUT2D eigenvalue weighted by molar-refractivity contribution is -0.656. The highest BCUT2D eigenvalue weighted by Crippen LogP contribution is 2.35. The van der Waals surface area contributed by atoms with Crippen LogP contribution in [-0.4, -0.2) is 0 Å². The molecule has 3 aromatic carbocycles. The summed E-state index contributed by atoms with van der Waals surface area (Å²) in [6.07, 6.45) is 4.14. The molecule has 1 heterocycles. The highest BCUT2D eigenvalue weighted by Gasteiger charge is 2.24. The van der Waals surface area contributed by atoms with Gasteiger partial charge in [0.1, 0.15) is 11.9 Å². The van der Waals surface area contributed by atoms with E-state index in [1.165, 1.54) is 26.7 Å². The maximum atomic E-state index is 3.34. The summed E-state index contributed by atoms with van der Waals surface area (Å²) in [6.45, 7) is 0. The number of aromatic nitrogens is 1. The molecule has 0 aliphatic heterocycles. The number of benzene rings is 3. The van der Waals surface area contributed by atoms with Crippen molar-refractivity contribution >= 4 is 23.1 Å². The van der Waals surface area contributed by atoms with Crippen LogP contribution in [0.5, 0.6) is 0 Å². The van der Waals surface area contributed by atoms with Crippen LogP contribution in [0.3, 0.4) is 0 Å². The Kier molecular flexibility index (Phi) is 5.13. The molecule has 4 rings (SSSR count). The molecule has 0 atom stereocenters. The molecular formula is C24H21N2S+. The molecule has 0 aliphatic rings. The molecule has 0 bridgehead atoms. The van der Waals surface area contributed by atoms with Crippen LogP contribution in [0, 0.1) is 0 Å². The molecule has 0 saturated heterocycles. The summed E-state index contributed by atoms with van der Waals surface area (Å²) in [5, 5.41) is 4.53. The van der Waals surface area contributed by atoms with Gasteiger partial charge in [-0.2, -0.15) is 4.57 Å². The van der Waals surface area contributed by atoms with Crippen LogP contribution in [0.4, 0.5) is 5.69 Å². The summed E-state index contributed by atoms with van der Waals surface area (Å²) in [5.41, 5.74) is 4.80. The van der Waals surface area contributed by atoms with Gasteiger partial charge in [-0.1, -0.05) is 78.1 Å². The first-order chi connectivity index (χ1) is 13.3. The van der Waals surface area contributed by atoms with Crippen molar-refractivity contribution < 1.29 is 4.57 Å². The van der Waals surface area contributed by atoms with E-state index in [-0.39, 0.29) is 0 Å². The molecule has 1 aromatic heterocycles. The van der Waals surface area contributed by atoms with Crippen molar-refractivity contribution in [2.24, 2.45) is 7.05 Å². The van der Waals surface area contributed by atoms with Crippen molar-refractivity contribution in [1.82, 2.24) is 0 Å². The summed E-state index contributed by atoms with van der Waals surface area (Å²) < 4.78 is 2.27. The topological polar surface area (TPSA) is 15.9 Å². The molecule has 0 aliphatic carbocycles. The Hall–Kier alpha value is -3.17. The molecule has 4 aromatic rings. The van der Waals surface area contributed by atoms with Crippen molar-refractivity contribution in [3.63, 3.8) is 0 Å². The first-order valence-electron chi connectivity index (χ1n) is 8.95. The number of nitrogens with one attached hydrogen (secondary N) is 1. The normalized spacial score (nSPS) is 11.0. The first kappa shape index (κ1) is 17.3. The highest BCUT2D eigenvalue weighted by molar-refractivity contribution is 7.16. The number of thiazole rings is 1. The Morgan fingerprint density at radius 2 is 1.30 bits per heavy atom. The third kappa shape index (κ3) is 3.83. The predicted octanol–water partition coefficient (Wildman–Crippen LogP) is 5.99. The summed E-state index contributed by atoms with van der Waals surface area (Å²) in [6, 6.07) is 31.4. The van der Waals surface area contributed by atoms with E-state index in [2.05, 4.69) is 95.8 Å². The molecular weight excluding hydrogens is 348 g/mol. The van der Waals surface area contributed by atoms with Crippen LogP contribution in [0.15, 0.2) is 97.2 Å². The van der Waals surface area contributed by atoms with Gasteiger partial charge < -0.3 is 5.32 Å². The fraction of sp³-hybridized carbons (Fsp3) is 0.0417. The largest absolute Gasteiger partial charge is 0.361 e. The quantitative estimate of drug-likeness (QED) is 0.427. The number of rotatable bonds is 5. The van der Waals surface area contributed by atoms with E-state index in [0.717, 1.165) is 5.69 Å². The maximum Gasteiger partial charge on any atom is 0.264 e. The highest BCUT2D eigenvalue weighted by atomic mass is 32.1. The summed E-state index contributed by atoms with van der Waals surface area (Å²) in [5.74, 6) is 0. The van der Waals surface area contributed by atoms with Gasteiger partial charge in [0, 0.05) is 23.5 Å². The molecule has 132 valence electrons. The van der Waals surface area contributed by atoms with Crippen LogP contribution >= 0.6 is 11.3 Å². The van der Waals surface area contributed by atoms with Gasteiger partial charge in [0.05, 0.1) is 0 Å². The zero-order valence-electron chi connectivity index (χ0n) is 15.2.